The summed E-state index contributed by atoms with van der Waals surface area (Å²) in [5.41, 5.74) is 0. The normalized spacial score (nSPS) is 14.7. The summed E-state index contributed by atoms with van der Waals surface area (Å²) in [6, 6.07) is 7.41. The van der Waals surface area contributed by atoms with Crippen molar-refractivity contribution < 1.29 is 9.13 Å². The molecule has 2 atom stereocenters. The maximum atomic E-state index is 13.2. The highest BCUT2D eigenvalue weighted by Gasteiger charge is 2.19. The molecule has 0 radical (unpaired) electrons. The topological polar surface area (TPSA) is 21.3 Å². The van der Waals surface area contributed by atoms with Gasteiger partial charge in [0.25, 0.3) is 0 Å². The van der Waals surface area contributed by atoms with Crippen LogP contribution < -0.4 is 5.32 Å². The molecule has 1 aromatic heterocycles. The van der Waals surface area contributed by atoms with Crippen molar-refractivity contribution in [2.24, 2.45) is 5.92 Å². The molecule has 0 amide bonds. The van der Waals surface area contributed by atoms with Crippen LogP contribution in [0, 0.1) is 11.7 Å². The zero-order chi connectivity index (χ0) is 13.8. The van der Waals surface area contributed by atoms with E-state index in [2.05, 4.69) is 18.3 Å². The average Bonchev–Trinajstić information content (AvgIpc) is 2.79. The number of benzene rings is 1. The molecule has 1 N–H and O–H groups in total. The first-order chi connectivity index (χ1) is 9.15. The van der Waals surface area contributed by atoms with Crippen LogP contribution in [0.3, 0.4) is 0 Å². The van der Waals surface area contributed by atoms with Crippen LogP contribution in [0.4, 0.5) is 4.39 Å². The van der Waals surface area contributed by atoms with Crippen LogP contribution in [-0.2, 0) is 4.74 Å². The van der Waals surface area contributed by atoms with Gasteiger partial charge in [0.15, 0.2) is 0 Å². The smallest absolute Gasteiger partial charge is 0.124 e. The quantitative estimate of drug-likeness (QED) is 0.865. The molecule has 1 aromatic carbocycles. The zero-order valence-corrected chi connectivity index (χ0v) is 12.4. The summed E-state index contributed by atoms with van der Waals surface area (Å²) in [5.74, 6) is 0.303. The van der Waals surface area contributed by atoms with Gasteiger partial charge in [-0.2, -0.15) is 0 Å². The van der Waals surface area contributed by atoms with E-state index >= 15 is 0 Å². The van der Waals surface area contributed by atoms with Gasteiger partial charge in [-0.3, -0.25) is 0 Å². The van der Waals surface area contributed by atoms with Gasteiger partial charge in [-0.25, -0.2) is 4.39 Å². The van der Waals surface area contributed by atoms with Gasteiger partial charge in [-0.15, -0.1) is 11.3 Å². The van der Waals surface area contributed by atoms with E-state index in [-0.39, 0.29) is 11.9 Å². The molecule has 19 heavy (non-hydrogen) atoms. The fraction of sp³-hybridized carbons (Fsp3) is 0.467. The Morgan fingerprint density at radius 1 is 1.37 bits per heavy atom. The predicted molar refractivity (Wildman–Crippen MR) is 79.2 cm³/mol. The first-order valence-electron chi connectivity index (χ1n) is 6.51. The highest BCUT2D eigenvalue weighted by molar-refractivity contribution is 7.19. The number of hydrogen-bond donors (Lipinski definition) is 1. The van der Waals surface area contributed by atoms with Gasteiger partial charge >= 0.3 is 0 Å². The van der Waals surface area contributed by atoms with E-state index in [0.29, 0.717) is 5.92 Å². The van der Waals surface area contributed by atoms with Crippen molar-refractivity contribution in [1.29, 1.82) is 0 Å². The molecule has 2 nitrogen and oxygen atoms in total. The molecule has 0 aliphatic rings. The molecule has 104 valence electrons. The van der Waals surface area contributed by atoms with Crippen LogP contribution in [0.2, 0.25) is 0 Å². The fourth-order valence-corrected chi connectivity index (χ4v) is 3.69. The van der Waals surface area contributed by atoms with Crippen LogP contribution in [0.1, 0.15) is 24.3 Å². The molecule has 0 saturated carbocycles. The molecular formula is C15H20FNOS. The number of rotatable bonds is 6. The number of thiophene rings is 1. The summed E-state index contributed by atoms with van der Waals surface area (Å²) >= 11 is 1.66. The van der Waals surface area contributed by atoms with Gasteiger partial charge in [-0.05, 0) is 43.0 Å². The lowest BCUT2D eigenvalue weighted by Gasteiger charge is -2.22. The summed E-state index contributed by atoms with van der Waals surface area (Å²) in [7, 11) is 3.70. The van der Waals surface area contributed by atoms with Crippen molar-refractivity contribution in [2.45, 2.75) is 19.4 Å². The standard InChI is InChI=1S/C15H20FNOS/c1-10(6-7-18-3)15(17-2)14-8-11-4-5-12(16)9-13(11)19-14/h4-5,8-10,15,17H,6-7H2,1-3H3. The number of hydrogen-bond acceptors (Lipinski definition) is 3. The van der Waals surface area contributed by atoms with Crippen LogP contribution in [0.25, 0.3) is 10.1 Å². The van der Waals surface area contributed by atoms with E-state index in [4.69, 9.17) is 4.74 Å². The second kappa shape index (κ2) is 6.46. The maximum absolute atomic E-state index is 13.2. The predicted octanol–water partition coefficient (Wildman–Crippen LogP) is 3.97. The highest BCUT2D eigenvalue weighted by Crippen LogP contribution is 2.34. The Bertz CT molecular complexity index is 540. The zero-order valence-electron chi connectivity index (χ0n) is 11.6. The first kappa shape index (κ1) is 14.4. The van der Waals surface area contributed by atoms with Crippen LogP contribution in [-0.4, -0.2) is 20.8 Å². The van der Waals surface area contributed by atoms with E-state index in [0.717, 1.165) is 23.1 Å². The summed E-state index contributed by atoms with van der Waals surface area (Å²) in [5, 5.41) is 4.48. The Hall–Kier alpha value is -0.970. The van der Waals surface area contributed by atoms with Gasteiger partial charge < -0.3 is 10.1 Å². The van der Waals surface area contributed by atoms with Crippen molar-refractivity contribution in [3.05, 3.63) is 35.0 Å². The van der Waals surface area contributed by atoms with E-state index in [9.17, 15) is 4.39 Å². The Balaban J connectivity index is 2.24. The van der Waals surface area contributed by atoms with E-state index in [1.54, 1.807) is 24.5 Å². The second-order valence-electron chi connectivity index (χ2n) is 4.86. The molecule has 0 saturated heterocycles. The molecule has 2 aromatic rings. The van der Waals surface area contributed by atoms with Gasteiger partial charge in [0.05, 0.1) is 0 Å². The van der Waals surface area contributed by atoms with Crippen molar-refractivity contribution >= 4 is 21.4 Å². The van der Waals surface area contributed by atoms with Crippen molar-refractivity contribution in [3.63, 3.8) is 0 Å². The third-order valence-electron chi connectivity index (χ3n) is 3.47. The Kier molecular flexibility index (Phi) is 4.91. The minimum Gasteiger partial charge on any atom is -0.385 e. The SMILES string of the molecule is CNC(c1cc2ccc(F)cc2s1)C(C)CCOC. The Morgan fingerprint density at radius 3 is 2.84 bits per heavy atom. The number of halogens is 1. The molecule has 2 unspecified atom stereocenters. The van der Waals surface area contributed by atoms with Crippen molar-refractivity contribution in [1.82, 2.24) is 5.32 Å². The third-order valence-corrected chi connectivity index (χ3v) is 4.65. The number of ether oxygens (including phenoxy) is 1. The molecule has 0 bridgehead atoms. The minimum absolute atomic E-state index is 0.172. The molecular weight excluding hydrogens is 261 g/mol. The molecule has 0 aliphatic carbocycles. The maximum Gasteiger partial charge on any atom is 0.124 e. The lowest BCUT2D eigenvalue weighted by atomic mass is 9.97. The average molecular weight is 281 g/mol. The molecule has 4 heteroatoms. The van der Waals surface area contributed by atoms with Crippen LogP contribution in [0.5, 0.6) is 0 Å². The summed E-state index contributed by atoms with van der Waals surface area (Å²) in [6.45, 7) is 2.98. The van der Waals surface area contributed by atoms with E-state index < -0.39 is 0 Å². The lowest BCUT2D eigenvalue weighted by Crippen LogP contribution is -2.23. The van der Waals surface area contributed by atoms with Gasteiger partial charge in [0.1, 0.15) is 5.82 Å². The molecule has 2 rings (SSSR count). The number of methoxy groups -OCH3 is 1. The highest BCUT2D eigenvalue weighted by atomic mass is 32.1. The second-order valence-corrected chi connectivity index (χ2v) is 5.97. The summed E-state index contributed by atoms with van der Waals surface area (Å²) in [4.78, 5) is 1.26. The largest absolute Gasteiger partial charge is 0.385 e. The number of fused-ring (bicyclic) bond motifs is 1. The molecule has 1 heterocycles. The monoisotopic (exact) mass is 281 g/mol. The van der Waals surface area contributed by atoms with E-state index in [1.807, 2.05) is 13.1 Å². The number of nitrogens with one attached hydrogen (secondary N) is 1. The third kappa shape index (κ3) is 3.32. The van der Waals surface area contributed by atoms with Gasteiger partial charge in [0.2, 0.25) is 0 Å². The van der Waals surface area contributed by atoms with Crippen molar-refractivity contribution in [2.75, 3.05) is 20.8 Å². The lowest BCUT2D eigenvalue weighted by molar-refractivity contribution is 0.171. The van der Waals surface area contributed by atoms with E-state index in [1.165, 1.54) is 10.9 Å². The van der Waals surface area contributed by atoms with Gasteiger partial charge in [-0.1, -0.05) is 13.0 Å². The Labute approximate surface area is 117 Å². The first-order valence-corrected chi connectivity index (χ1v) is 7.32. The van der Waals surface area contributed by atoms with Crippen molar-refractivity contribution in [3.8, 4) is 0 Å². The molecule has 0 fully saturated rings. The minimum atomic E-state index is -0.172. The van der Waals surface area contributed by atoms with Crippen LogP contribution in [0.15, 0.2) is 24.3 Å². The fourth-order valence-electron chi connectivity index (χ4n) is 2.36. The summed E-state index contributed by atoms with van der Waals surface area (Å²) < 4.78 is 19.4. The Morgan fingerprint density at radius 2 is 2.16 bits per heavy atom. The molecule has 0 aliphatic heterocycles. The molecule has 0 spiro atoms. The van der Waals surface area contributed by atoms with Crippen LogP contribution >= 0.6 is 11.3 Å². The summed E-state index contributed by atoms with van der Waals surface area (Å²) in [6.07, 6.45) is 1.00. The van der Waals surface area contributed by atoms with Gasteiger partial charge in [0, 0.05) is 29.3 Å².